The van der Waals surface area contributed by atoms with Gasteiger partial charge in [-0.3, -0.25) is 4.98 Å². The molecule has 22 heavy (non-hydrogen) atoms. The fraction of sp³-hybridized carbons (Fsp3) is 0.267. The number of hydrogen-bond donors (Lipinski definition) is 0. The lowest BCUT2D eigenvalue weighted by Crippen LogP contribution is -2.31. The Balaban J connectivity index is 1.72. The molecule has 1 aromatic heterocycles. The molecule has 0 unspecified atom stereocenters. The van der Waals surface area contributed by atoms with Crippen LogP contribution in [0.4, 0.5) is 0 Å². The summed E-state index contributed by atoms with van der Waals surface area (Å²) in [6.07, 6.45) is 3.23. The average Bonchev–Trinajstić information content (AvgIpc) is 2.97. The van der Waals surface area contributed by atoms with E-state index in [-0.39, 0.29) is 11.0 Å². The van der Waals surface area contributed by atoms with Gasteiger partial charge in [0.05, 0.1) is 11.6 Å². The molecule has 0 saturated carbocycles. The molecule has 0 bridgehead atoms. The second kappa shape index (κ2) is 6.24. The third-order valence-electron chi connectivity index (χ3n) is 3.47. The van der Waals surface area contributed by atoms with E-state index in [0.29, 0.717) is 24.5 Å². The van der Waals surface area contributed by atoms with Crippen LogP contribution in [0.5, 0.6) is 5.75 Å². The van der Waals surface area contributed by atoms with Crippen molar-refractivity contribution in [1.29, 1.82) is 0 Å². The highest BCUT2D eigenvalue weighted by Gasteiger charge is 2.33. The number of para-hydroxylation sites is 1. The Bertz CT molecular complexity index is 752. The molecule has 0 N–H and O–H groups in total. The molecule has 116 valence electrons. The first kappa shape index (κ1) is 15.3. The fourth-order valence-electron chi connectivity index (χ4n) is 2.39. The van der Waals surface area contributed by atoms with Gasteiger partial charge >= 0.3 is 0 Å². The molecule has 1 atom stereocenters. The average molecular weight is 339 g/mol. The molecule has 1 saturated heterocycles. The van der Waals surface area contributed by atoms with Gasteiger partial charge in [0, 0.05) is 18.9 Å². The second-order valence-corrected chi connectivity index (χ2v) is 7.42. The Hall–Kier alpha value is -1.63. The maximum atomic E-state index is 12.6. The summed E-state index contributed by atoms with van der Waals surface area (Å²) in [6, 6.07) is 10.8. The number of rotatable bonds is 4. The molecule has 1 fully saturated rings. The van der Waals surface area contributed by atoms with E-state index in [1.165, 1.54) is 22.8 Å². The Labute approximate surface area is 134 Å². The summed E-state index contributed by atoms with van der Waals surface area (Å²) in [5.74, 6) is 0.746. The minimum Gasteiger partial charge on any atom is -0.489 e. The molecule has 5 nitrogen and oxygen atoms in total. The number of pyridine rings is 1. The van der Waals surface area contributed by atoms with Crippen molar-refractivity contribution in [2.45, 2.75) is 17.4 Å². The van der Waals surface area contributed by atoms with Crippen LogP contribution in [0.25, 0.3) is 0 Å². The Morgan fingerprint density at radius 2 is 2.00 bits per heavy atom. The van der Waals surface area contributed by atoms with E-state index < -0.39 is 10.0 Å². The predicted molar refractivity (Wildman–Crippen MR) is 83.5 cm³/mol. The third kappa shape index (κ3) is 3.24. The van der Waals surface area contributed by atoms with Gasteiger partial charge in [0.1, 0.15) is 16.7 Å². The molecule has 7 heteroatoms. The first-order valence-corrected chi connectivity index (χ1v) is 8.70. The van der Waals surface area contributed by atoms with Gasteiger partial charge in [-0.2, -0.15) is 4.31 Å². The molecule has 0 spiro atoms. The number of halogens is 1. The van der Waals surface area contributed by atoms with E-state index >= 15 is 0 Å². The van der Waals surface area contributed by atoms with Gasteiger partial charge in [-0.05, 0) is 24.6 Å². The molecule has 0 radical (unpaired) electrons. The van der Waals surface area contributed by atoms with Gasteiger partial charge in [0.15, 0.2) is 0 Å². The summed E-state index contributed by atoms with van der Waals surface area (Å²) in [4.78, 5) is 3.95. The molecule has 0 aliphatic carbocycles. The lowest BCUT2D eigenvalue weighted by Gasteiger charge is -2.17. The van der Waals surface area contributed by atoms with E-state index in [0.717, 1.165) is 5.75 Å². The predicted octanol–water partition coefficient (Wildman–Crippen LogP) is 2.58. The van der Waals surface area contributed by atoms with Crippen LogP contribution in [0, 0.1) is 0 Å². The minimum atomic E-state index is -3.58. The third-order valence-corrected chi connectivity index (χ3v) is 5.51. The van der Waals surface area contributed by atoms with Crippen LogP contribution < -0.4 is 4.74 Å². The topological polar surface area (TPSA) is 59.5 Å². The molecular formula is C15H15ClN2O3S. The summed E-state index contributed by atoms with van der Waals surface area (Å²) >= 11 is 5.82. The van der Waals surface area contributed by atoms with Crippen LogP contribution in [-0.2, 0) is 10.0 Å². The van der Waals surface area contributed by atoms with Crippen molar-refractivity contribution < 1.29 is 13.2 Å². The van der Waals surface area contributed by atoms with Crippen molar-refractivity contribution in [3.63, 3.8) is 0 Å². The molecule has 0 amide bonds. The van der Waals surface area contributed by atoms with Gasteiger partial charge in [-0.25, -0.2) is 8.42 Å². The van der Waals surface area contributed by atoms with Crippen LogP contribution >= 0.6 is 11.6 Å². The van der Waals surface area contributed by atoms with Crippen LogP contribution in [0.1, 0.15) is 6.42 Å². The van der Waals surface area contributed by atoms with Gasteiger partial charge in [-0.1, -0.05) is 29.8 Å². The maximum Gasteiger partial charge on any atom is 0.244 e. The molecule has 1 aromatic carbocycles. The van der Waals surface area contributed by atoms with Gasteiger partial charge in [-0.15, -0.1) is 0 Å². The highest BCUT2D eigenvalue weighted by molar-refractivity contribution is 7.89. The molecule has 2 heterocycles. The first-order valence-electron chi connectivity index (χ1n) is 6.88. The number of sulfonamides is 1. The quantitative estimate of drug-likeness (QED) is 0.859. The number of aromatic nitrogens is 1. The molecule has 1 aliphatic rings. The normalized spacial score (nSPS) is 19.2. The van der Waals surface area contributed by atoms with E-state index in [9.17, 15) is 8.42 Å². The Morgan fingerprint density at radius 3 is 2.73 bits per heavy atom. The van der Waals surface area contributed by atoms with E-state index in [1.807, 2.05) is 30.3 Å². The van der Waals surface area contributed by atoms with Crippen molar-refractivity contribution >= 4 is 21.6 Å². The smallest absolute Gasteiger partial charge is 0.244 e. The number of benzene rings is 1. The summed E-state index contributed by atoms with van der Waals surface area (Å²) in [6.45, 7) is 0.746. The molecular weight excluding hydrogens is 324 g/mol. The van der Waals surface area contributed by atoms with Crippen molar-refractivity contribution in [1.82, 2.24) is 9.29 Å². The van der Waals surface area contributed by atoms with Crippen LogP contribution in [0.2, 0.25) is 5.02 Å². The van der Waals surface area contributed by atoms with Gasteiger partial charge in [0.25, 0.3) is 0 Å². The highest BCUT2D eigenvalue weighted by atomic mass is 35.5. The second-order valence-electron chi connectivity index (χ2n) is 5.04. The Morgan fingerprint density at radius 1 is 1.23 bits per heavy atom. The zero-order chi connectivity index (χ0) is 15.6. The summed E-state index contributed by atoms with van der Waals surface area (Å²) in [7, 11) is -3.58. The fourth-order valence-corrected chi connectivity index (χ4v) is 4.10. The Kier molecular flexibility index (Phi) is 4.33. The largest absolute Gasteiger partial charge is 0.489 e. The minimum absolute atomic E-state index is 0.111. The summed E-state index contributed by atoms with van der Waals surface area (Å²) in [5, 5.41) is 0.303. The summed E-state index contributed by atoms with van der Waals surface area (Å²) in [5.41, 5.74) is 0. The van der Waals surface area contributed by atoms with E-state index in [1.54, 1.807) is 0 Å². The number of nitrogens with zero attached hydrogens (tertiary/aromatic N) is 2. The standard InChI is InChI=1S/C15H15ClN2O3S/c16-12-8-15(10-17-9-12)22(19,20)18-7-6-14(11-18)21-13-4-2-1-3-5-13/h1-5,8-10,14H,6-7,11H2/t14-/m0/s1. The number of hydrogen-bond acceptors (Lipinski definition) is 4. The number of ether oxygens (including phenoxy) is 1. The van der Waals surface area contributed by atoms with E-state index in [2.05, 4.69) is 4.98 Å². The van der Waals surface area contributed by atoms with Crippen molar-refractivity contribution in [2.24, 2.45) is 0 Å². The van der Waals surface area contributed by atoms with Crippen LogP contribution in [0.15, 0.2) is 53.7 Å². The summed E-state index contributed by atoms with van der Waals surface area (Å²) < 4.78 is 32.3. The maximum absolute atomic E-state index is 12.6. The first-order chi connectivity index (χ1) is 10.6. The van der Waals surface area contributed by atoms with Crippen molar-refractivity contribution in [2.75, 3.05) is 13.1 Å². The van der Waals surface area contributed by atoms with Crippen LogP contribution in [0.3, 0.4) is 0 Å². The molecule has 1 aliphatic heterocycles. The molecule has 2 aromatic rings. The SMILES string of the molecule is O=S(=O)(c1cncc(Cl)c1)N1CC[C@H](Oc2ccccc2)C1. The van der Waals surface area contributed by atoms with Crippen molar-refractivity contribution in [3.05, 3.63) is 53.8 Å². The monoisotopic (exact) mass is 338 g/mol. The van der Waals surface area contributed by atoms with Gasteiger partial charge in [0.2, 0.25) is 10.0 Å². The van der Waals surface area contributed by atoms with Gasteiger partial charge < -0.3 is 4.74 Å². The van der Waals surface area contributed by atoms with E-state index in [4.69, 9.17) is 16.3 Å². The zero-order valence-electron chi connectivity index (χ0n) is 11.7. The lowest BCUT2D eigenvalue weighted by molar-refractivity contribution is 0.215. The van der Waals surface area contributed by atoms with Crippen LogP contribution in [-0.4, -0.2) is 36.9 Å². The zero-order valence-corrected chi connectivity index (χ0v) is 13.3. The lowest BCUT2D eigenvalue weighted by atomic mass is 10.3. The van der Waals surface area contributed by atoms with Crippen molar-refractivity contribution in [3.8, 4) is 5.75 Å². The highest BCUT2D eigenvalue weighted by Crippen LogP contribution is 2.24. The molecule has 3 rings (SSSR count).